The van der Waals surface area contributed by atoms with E-state index in [-0.39, 0.29) is 25.2 Å². The fourth-order valence-corrected chi connectivity index (χ4v) is 4.42. The highest BCUT2D eigenvalue weighted by atomic mass is 19.1. The van der Waals surface area contributed by atoms with Crippen molar-refractivity contribution in [2.24, 2.45) is 5.92 Å². The number of halogens is 2. The molecule has 11 heteroatoms. The molecule has 1 fully saturated rings. The molecule has 0 bridgehead atoms. The number of anilines is 1. The molecular formula is C28H23F2N5O4. The Bertz CT molecular complexity index is 1460. The summed E-state index contributed by atoms with van der Waals surface area (Å²) >= 11 is 0. The summed E-state index contributed by atoms with van der Waals surface area (Å²) in [7, 11) is 0. The molecule has 2 atom stereocenters. The molecule has 9 nitrogen and oxygen atoms in total. The smallest absolute Gasteiger partial charge is 0.251 e. The van der Waals surface area contributed by atoms with Crippen LogP contribution in [0.5, 0.6) is 11.5 Å². The van der Waals surface area contributed by atoms with Crippen LogP contribution in [0.4, 0.5) is 14.5 Å². The predicted octanol–water partition coefficient (Wildman–Crippen LogP) is 3.97. The summed E-state index contributed by atoms with van der Waals surface area (Å²) < 4.78 is 33.4. The topological polar surface area (TPSA) is 106 Å². The Labute approximate surface area is 222 Å². The lowest BCUT2D eigenvalue weighted by Crippen LogP contribution is -2.46. The van der Waals surface area contributed by atoms with Crippen LogP contribution in [0.1, 0.15) is 12.0 Å². The molecule has 0 aliphatic carbocycles. The van der Waals surface area contributed by atoms with Gasteiger partial charge in [0.05, 0.1) is 0 Å². The van der Waals surface area contributed by atoms with Gasteiger partial charge >= 0.3 is 0 Å². The van der Waals surface area contributed by atoms with Gasteiger partial charge in [0.15, 0.2) is 0 Å². The molecule has 39 heavy (non-hydrogen) atoms. The van der Waals surface area contributed by atoms with Crippen LogP contribution >= 0.6 is 0 Å². The van der Waals surface area contributed by atoms with Crippen LogP contribution in [-0.4, -0.2) is 43.4 Å². The molecule has 1 saturated heterocycles. The average molecular weight is 532 g/mol. The van der Waals surface area contributed by atoms with Gasteiger partial charge in [-0.15, -0.1) is 0 Å². The van der Waals surface area contributed by atoms with Crippen molar-refractivity contribution in [3.8, 4) is 11.5 Å². The number of hydrogen-bond acceptors (Lipinski definition) is 6. The van der Waals surface area contributed by atoms with Crippen molar-refractivity contribution < 1.29 is 27.9 Å². The van der Waals surface area contributed by atoms with Crippen LogP contribution in [0.3, 0.4) is 0 Å². The van der Waals surface area contributed by atoms with E-state index in [9.17, 15) is 23.2 Å². The van der Waals surface area contributed by atoms with Gasteiger partial charge in [0.25, 0.3) is 5.91 Å². The molecule has 1 aromatic heterocycles. The maximum atomic E-state index is 13.3. The van der Waals surface area contributed by atoms with E-state index < -0.39 is 35.5 Å². The Hall–Kier alpha value is -4.93. The molecule has 5 rings (SSSR count). The lowest BCUT2D eigenvalue weighted by molar-refractivity contribution is -0.148. The first-order valence-corrected chi connectivity index (χ1v) is 12.1. The number of rotatable bonds is 8. The first-order chi connectivity index (χ1) is 18.9. The van der Waals surface area contributed by atoms with Gasteiger partial charge in [0.2, 0.25) is 11.8 Å². The Morgan fingerprint density at radius 3 is 2.15 bits per heavy atom. The number of nitrogens with one attached hydrogen (secondary N) is 1. The second kappa shape index (κ2) is 11.2. The van der Waals surface area contributed by atoms with Gasteiger partial charge in [-0.05, 0) is 79.1 Å². The third-order valence-corrected chi connectivity index (χ3v) is 6.31. The highest BCUT2D eigenvalue weighted by Gasteiger charge is 2.46. The van der Waals surface area contributed by atoms with Crippen molar-refractivity contribution in [3.63, 3.8) is 0 Å². The van der Waals surface area contributed by atoms with E-state index in [0.717, 1.165) is 10.5 Å². The Balaban J connectivity index is 1.30. The average Bonchev–Trinajstić information content (AvgIpc) is 3.55. The zero-order valence-corrected chi connectivity index (χ0v) is 20.5. The first-order valence-electron chi connectivity index (χ1n) is 12.1. The van der Waals surface area contributed by atoms with E-state index in [4.69, 9.17) is 4.74 Å². The van der Waals surface area contributed by atoms with Gasteiger partial charge in [-0.2, -0.15) is 5.10 Å². The molecule has 0 spiro atoms. The number of hydrogen-bond donors (Lipinski definition) is 1. The molecule has 2 heterocycles. The SMILES string of the molecule is O=C(Nc1ccc(Oc2ccc(F)cc2)cc1)[C@@H]1C[C@@H](Cc2ccc(F)cc2)C(=O)N1C(=O)Cn1cncn1. The molecule has 3 amide bonds. The Morgan fingerprint density at radius 1 is 0.923 bits per heavy atom. The number of likely N-dealkylation sites (tertiary alicyclic amines) is 1. The summed E-state index contributed by atoms with van der Waals surface area (Å²) in [4.78, 5) is 44.5. The van der Waals surface area contributed by atoms with E-state index in [1.54, 1.807) is 36.4 Å². The van der Waals surface area contributed by atoms with Crippen molar-refractivity contribution in [2.45, 2.75) is 25.4 Å². The maximum Gasteiger partial charge on any atom is 0.251 e. The van der Waals surface area contributed by atoms with Crippen LogP contribution < -0.4 is 10.1 Å². The molecule has 198 valence electrons. The lowest BCUT2D eigenvalue weighted by Gasteiger charge is -2.22. The number of carbonyl (C=O) groups excluding carboxylic acids is 3. The number of nitrogens with zero attached hydrogens (tertiary/aromatic N) is 4. The van der Waals surface area contributed by atoms with E-state index in [1.807, 2.05) is 0 Å². The monoisotopic (exact) mass is 531 g/mol. The van der Waals surface area contributed by atoms with Crippen molar-refractivity contribution in [3.05, 3.63) is 103 Å². The normalized spacial score (nSPS) is 16.8. The number of amides is 3. The van der Waals surface area contributed by atoms with Crippen molar-refractivity contribution >= 4 is 23.4 Å². The van der Waals surface area contributed by atoms with Crippen molar-refractivity contribution in [2.75, 3.05) is 5.32 Å². The minimum atomic E-state index is -1.05. The molecule has 1 aliphatic heterocycles. The standard InChI is InChI=1S/C28H23F2N5O4/c29-20-3-1-18(2-4-20)13-19-14-25(35(28(19)38)26(36)15-34-17-31-16-32-34)27(37)33-22-7-11-24(12-8-22)39-23-9-5-21(30)6-10-23/h1-12,16-17,19,25H,13-15H2,(H,33,37)/t19-,25+/m1/s1. The molecule has 1 N–H and O–H groups in total. The Kier molecular flexibility index (Phi) is 7.39. The molecule has 1 aliphatic rings. The first kappa shape index (κ1) is 25.7. The second-order valence-corrected chi connectivity index (χ2v) is 9.04. The highest BCUT2D eigenvalue weighted by molar-refractivity contribution is 6.07. The number of aromatic nitrogens is 3. The van der Waals surface area contributed by atoms with Gasteiger partial charge in [0, 0.05) is 11.6 Å². The fraction of sp³-hybridized carbons (Fsp3) is 0.179. The zero-order valence-electron chi connectivity index (χ0n) is 20.5. The number of imide groups is 1. The van der Waals surface area contributed by atoms with Gasteiger partial charge in [-0.1, -0.05) is 12.1 Å². The third-order valence-electron chi connectivity index (χ3n) is 6.31. The maximum absolute atomic E-state index is 13.3. The van der Waals surface area contributed by atoms with Crippen LogP contribution in [0.2, 0.25) is 0 Å². The molecule has 0 saturated carbocycles. The molecule has 4 aromatic rings. The van der Waals surface area contributed by atoms with Crippen LogP contribution in [0.25, 0.3) is 0 Å². The molecule has 3 aromatic carbocycles. The van der Waals surface area contributed by atoms with Gasteiger partial charge in [0.1, 0.15) is 48.4 Å². The summed E-state index contributed by atoms with van der Waals surface area (Å²) in [5.74, 6) is -2.08. The summed E-state index contributed by atoms with van der Waals surface area (Å²) in [6, 6.07) is 16.8. The quantitative estimate of drug-likeness (QED) is 0.369. The van der Waals surface area contributed by atoms with E-state index >= 15 is 0 Å². The predicted molar refractivity (Wildman–Crippen MR) is 135 cm³/mol. The summed E-state index contributed by atoms with van der Waals surface area (Å²) in [5.41, 5.74) is 1.15. The van der Waals surface area contributed by atoms with Crippen molar-refractivity contribution in [1.82, 2.24) is 19.7 Å². The number of ether oxygens (including phenoxy) is 1. The highest BCUT2D eigenvalue weighted by Crippen LogP contribution is 2.30. The van der Waals surface area contributed by atoms with E-state index in [2.05, 4.69) is 15.4 Å². The third kappa shape index (κ3) is 6.15. The number of benzene rings is 3. The van der Waals surface area contributed by atoms with Crippen LogP contribution in [0, 0.1) is 17.6 Å². The summed E-state index contributed by atoms with van der Waals surface area (Å²) in [6.07, 6.45) is 2.98. The van der Waals surface area contributed by atoms with Gasteiger partial charge in [-0.25, -0.2) is 18.4 Å². The summed E-state index contributed by atoms with van der Waals surface area (Å²) in [6.45, 7) is -0.256. The molecule has 0 unspecified atom stereocenters. The number of carbonyl (C=O) groups is 3. The second-order valence-electron chi connectivity index (χ2n) is 9.04. The minimum Gasteiger partial charge on any atom is -0.457 e. The molecule has 0 radical (unpaired) electrons. The molecular weight excluding hydrogens is 508 g/mol. The fourth-order valence-electron chi connectivity index (χ4n) is 4.42. The van der Waals surface area contributed by atoms with Crippen LogP contribution in [0.15, 0.2) is 85.5 Å². The van der Waals surface area contributed by atoms with Crippen LogP contribution in [-0.2, 0) is 27.3 Å². The van der Waals surface area contributed by atoms with Gasteiger partial charge < -0.3 is 10.1 Å². The van der Waals surface area contributed by atoms with Crippen molar-refractivity contribution in [1.29, 1.82) is 0 Å². The van der Waals surface area contributed by atoms with Gasteiger partial charge in [-0.3, -0.25) is 19.3 Å². The largest absolute Gasteiger partial charge is 0.457 e. The van der Waals surface area contributed by atoms with E-state index in [1.165, 1.54) is 53.7 Å². The van der Waals surface area contributed by atoms with E-state index in [0.29, 0.717) is 17.2 Å². The summed E-state index contributed by atoms with van der Waals surface area (Å²) in [5, 5.41) is 6.67. The minimum absolute atomic E-state index is 0.108. The zero-order chi connectivity index (χ0) is 27.4. The Morgan fingerprint density at radius 2 is 1.54 bits per heavy atom. The lowest BCUT2D eigenvalue weighted by atomic mass is 9.96.